The predicted octanol–water partition coefficient (Wildman–Crippen LogP) is 8.08. The van der Waals surface area contributed by atoms with Crippen molar-refractivity contribution in [2.24, 2.45) is 9.98 Å². The third-order valence-corrected chi connectivity index (χ3v) is 10.0. The summed E-state index contributed by atoms with van der Waals surface area (Å²) in [4.78, 5) is 63.2. The number of methoxy groups -OCH3 is 3. The van der Waals surface area contributed by atoms with Crippen LogP contribution in [0.2, 0.25) is 0 Å². The number of esters is 3. The molecule has 0 unspecified atom stereocenters. The Morgan fingerprint density at radius 2 is 0.951 bits per heavy atom. The number of benzene rings is 4. The molecule has 1 amide bonds. The molecule has 4 aromatic carbocycles. The summed E-state index contributed by atoms with van der Waals surface area (Å²) in [6.07, 6.45) is 10.7. The summed E-state index contributed by atoms with van der Waals surface area (Å²) in [5, 5.41) is 6.26. The molecule has 1 aromatic heterocycles. The van der Waals surface area contributed by atoms with Gasteiger partial charge in [-0.1, -0.05) is 54.6 Å². The Bertz CT molecular complexity index is 2840. The Morgan fingerprint density at radius 1 is 0.492 bits per heavy atom. The van der Waals surface area contributed by atoms with Crippen molar-refractivity contribution in [1.29, 1.82) is 0 Å². The number of carbonyl (C=O) groups is 4. The minimum atomic E-state index is -0.469. The molecule has 3 N–H and O–H groups in total. The smallest absolute Gasteiger partial charge is 0.337 e. The van der Waals surface area contributed by atoms with Gasteiger partial charge in [0.25, 0.3) is 0 Å². The number of hydrogen-bond acceptors (Lipinski definition) is 10. The monoisotopic (exact) mass is 807 g/mol. The number of ether oxygens (including phenoxy) is 3. The van der Waals surface area contributed by atoms with Gasteiger partial charge in [0, 0.05) is 39.9 Å². The minimum Gasteiger partial charge on any atom is -0.465 e. The number of anilines is 1. The van der Waals surface area contributed by atoms with Gasteiger partial charge in [-0.15, -0.1) is 0 Å². The van der Waals surface area contributed by atoms with Crippen molar-refractivity contribution in [2.45, 2.75) is 0 Å². The Balaban J connectivity index is 1.26. The maximum Gasteiger partial charge on any atom is 0.337 e. The third kappa shape index (κ3) is 8.32. The zero-order valence-corrected chi connectivity index (χ0v) is 33.2. The van der Waals surface area contributed by atoms with E-state index in [0.29, 0.717) is 67.7 Å². The van der Waals surface area contributed by atoms with Gasteiger partial charge in [-0.25, -0.2) is 24.4 Å². The van der Waals surface area contributed by atoms with Crippen LogP contribution >= 0.6 is 0 Å². The molecule has 3 aliphatic rings. The molecule has 0 atom stereocenters. The van der Waals surface area contributed by atoms with Crippen LogP contribution in [0.25, 0.3) is 16.7 Å². The van der Waals surface area contributed by atoms with Crippen molar-refractivity contribution in [3.05, 3.63) is 214 Å². The fraction of sp³-hybridized carbons (Fsp3) is 0.0612. The summed E-state index contributed by atoms with van der Waals surface area (Å²) in [7, 11) is 4.00. The summed E-state index contributed by atoms with van der Waals surface area (Å²) in [6, 6.07) is 34.7. The first-order valence-corrected chi connectivity index (χ1v) is 19.1. The normalized spacial score (nSPS) is 16.4. The van der Waals surface area contributed by atoms with Crippen LogP contribution in [0.4, 0.5) is 5.69 Å². The maximum absolute atomic E-state index is 12.4. The number of aromatic nitrogens is 1. The van der Waals surface area contributed by atoms with Crippen LogP contribution in [-0.2, 0) is 19.0 Å². The van der Waals surface area contributed by atoms with Gasteiger partial charge >= 0.3 is 17.9 Å². The summed E-state index contributed by atoms with van der Waals surface area (Å²) < 4.78 is 14.8. The van der Waals surface area contributed by atoms with E-state index in [1.165, 1.54) is 27.4 Å². The van der Waals surface area contributed by atoms with Crippen LogP contribution in [0.5, 0.6) is 0 Å². The summed E-state index contributed by atoms with van der Waals surface area (Å²) in [5.41, 5.74) is 10.3. The van der Waals surface area contributed by atoms with Crippen LogP contribution in [-0.4, -0.2) is 61.7 Å². The van der Waals surface area contributed by atoms with Gasteiger partial charge in [0.15, 0.2) is 0 Å². The third-order valence-electron chi connectivity index (χ3n) is 10.0. The number of nitrogens with one attached hydrogen (secondary N) is 3. The molecule has 0 radical (unpaired) electrons. The largest absolute Gasteiger partial charge is 0.465 e. The number of aliphatic imine (C=N–C) groups is 2. The average molecular weight is 808 g/mol. The van der Waals surface area contributed by atoms with Gasteiger partial charge in [-0.2, -0.15) is 0 Å². The second-order valence-corrected chi connectivity index (χ2v) is 13.8. The highest BCUT2D eigenvalue weighted by atomic mass is 16.5. The molecule has 0 fully saturated rings. The molecule has 0 spiro atoms. The fourth-order valence-electron chi connectivity index (χ4n) is 7.09. The Hall–Kier alpha value is -8.38. The molecule has 0 saturated carbocycles. The van der Waals surface area contributed by atoms with Gasteiger partial charge in [0.05, 0.1) is 60.8 Å². The zero-order valence-electron chi connectivity index (χ0n) is 33.2. The molecule has 0 saturated heterocycles. The van der Waals surface area contributed by atoms with Gasteiger partial charge in [-0.05, 0) is 108 Å². The lowest BCUT2D eigenvalue weighted by Gasteiger charge is -2.13. The topological polar surface area (TPSA) is 161 Å². The van der Waals surface area contributed by atoms with Crippen LogP contribution in [0, 0.1) is 0 Å². The zero-order chi connectivity index (χ0) is 42.5. The van der Waals surface area contributed by atoms with E-state index in [1.807, 2.05) is 91.0 Å². The second kappa shape index (κ2) is 17.2. The molecule has 5 aromatic rings. The van der Waals surface area contributed by atoms with E-state index in [0.717, 1.165) is 28.1 Å². The average Bonchev–Trinajstić information content (AvgIpc) is 4.15. The number of amides is 1. The van der Waals surface area contributed by atoms with Crippen molar-refractivity contribution < 1.29 is 33.4 Å². The lowest BCUT2D eigenvalue weighted by atomic mass is 9.97. The van der Waals surface area contributed by atoms with Crippen molar-refractivity contribution >= 4 is 57.8 Å². The Morgan fingerprint density at radius 3 is 1.43 bits per heavy atom. The maximum atomic E-state index is 12.4. The van der Waals surface area contributed by atoms with E-state index in [1.54, 1.807) is 54.6 Å². The van der Waals surface area contributed by atoms with E-state index in [2.05, 4.69) is 15.6 Å². The number of carbonyl (C=O) groups excluding carboxylic acids is 4. The molecule has 4 heterocycles. The molecule has 61 heavy (non-hydrogen) atoms. The van der Waals surface area contributed by atoms with Gasteiger partial charge in [0.1, 0.15) is 5.84 Å². The first-order chi connectivity index (χ1) is 29.7. The van der Waals surface area contributed by atoms with Crippen LogP contribution in [0.3, 0.4) is 0 Å². The number of amidine groups is 1. The number of rotatable bonds is 10. The number of allylic oxidation sites excluding steroid dienone is 5. The summed E-state index contributed by atoms with van der Waals surface area (Å²) in [5.74, 6) is -0.995. The van der Waals surface area contributed by atoms with E-state index in [4.69, 9.17) is 24.2 Å². The van der Waals surface area contributed by atoms with Gasteiger partial charge < -0.3 is 29.8 Å². The quantitative estimate of drug-likeness (QED) is 0.0944. The fourth-order valence-corrected chi connectivity index (χ4v) is 7.09. The van der Waals surface area contributed by atoms with Crippen molar-refractivity contribution in [1.82, 2.24) is 10.3 Å². The van der Waals surface area contributed by atoms with Gasteiger partial charge in [-0.3, -0.25) is 4.79 Å². The van der Waals surface area contributed by atoms with Gasteiger partial charge in [0.2, 0.25) is 5.91 Å². The Kier molecular flexibility index (Phi) is 11.1. The van der Waals surface area contributed by atoms with E-state index < -0.39 is 17.9 Å². The molecule has 12 nitrogen and oxygen atoms in total. The van der Waals surface area contributed by atoms with E-state index in [-0.39, 0.29) is 5.91 Å². The van der Waals surface area contributed by atoms with E-state index >= 15 is 0 Å². The lowest BCUT2D eigenvalue weighted by Crippen LogP contribution is -2.16. The predicted molar refractivity (Wildman–Crippen MR) is 234 cm³/mol. The molecular weight excluding hydrogens is 771 g/mol. The lowest BCUT2D eigenvalue weighted by molar-refractivity contribution is -0.115. The standard InChI is InChI=1S/C49H37N5O7/c1-59-47(56)32-15-9-29(10-16-32)44(37-22-24-39(52-37)46(41-26-28-43(55)54-41)31-13-19-34(20-14-31)49(58)61-3)36-21-23-38(51-36)45(30-11-17-33(18-12-30)48(57)60-2)40-25-27-42(53-40)50-35-7-5-4-6-8-35/h4-28,51H,1-3H3,(H,50,53)(H,54,55)/b44-37-,45-40-,46-41-. The van der Waals surface area contributed by atoms with Crippen LogP contribution < -0.4 is 10.6 Å². The van der Waals surface area contributed by atoms with Crippen LogP contribution in [0.1, 0.15) is 59.2 Å². The highest BCUT2D eigenvalue weighted by molar-refractivity contribution is 6.32. The first-order valence-electron chi connectivity index (χ1n) is 19.1. The number of H-pyrrole nitrogens is 1. The molecular formula is C49H37N5O7. The summed E-state index contributed by atoms with van der Waals surface area (Å²) in [6.45, 7) is 0. The number of nitrogens with zero attached hydrogens (tertiary/aromatic N) is 2. The molecule has 300 valence electrons. The van der Waals surface area contributed by atoms with Crippen molar-refractivity contribution in [3.8, 4) is 0 Å². The Labute approximate surface area is 350 Å². The van der Waals surface area contributed by atoms with Crippen molar-refractivity contribution in [2.75, 3.05) is 26.6 Å². The number of aromatic amines is 1. The van der Waals surface area contributed by atoms with Crippen molar-refractivity contribution in [3.63, 3.8) is 0 Å². The molecule has 3 aliphatic heterocycles. The highest BCUT2D eigenvalue weighted by Gasteiger charge is 2.24. The molecule has 0 aliphatic carbocycles. The van der Waals surface area contributed by atoms with E-state index in [9.17, 15) is 19.2 Å². The first kappa shape index (κ1) is 39.4. The molecule has 0 bridgehead atoms. The highest BCUT2D eigenvalue weighted by Crippen LogP contribution is 2.36. The molecule has 8 rings (SSSR count). The van der Waals surface area contributed by atoms with Crippen LogP contribution in [0.15, 0.2) is 179 Å². The second-order valence-electron chi connectivity index (χ2n) is 13.8. The minimum absolute atomic E-state index is 0.267. The summed E-state index contributed by atoms with van der Waals surface area (Å²) >= 11 is 0. The SMILES string of the molecule is COC(=O)c1ccc(/C(C2=N/C(=C(/c3ccc(C(=O)OC)cc3)c3ccc(/C(=C4/C=CC(Nc5ccccc5)=N4)c4ccc(C(=O)OC)cc4)[nH]3)C=C2)=C2\C=CC(=O)N2)cc1. The number of hydrogen-bond donors (Lipinski definition) is 3. The molecule has 12 heteroatoms. The number of para-hydroxylation sites is 1.